The summed E-state index contributed by atoms with van der Waals surface area (Å²) in [6, 6.07) is 7.06. The minimum Gasteiger partial charge on any atom is -0.444 e. The summed E-state index contributed by atoms with van der Waals surface area (Å²) >= 11 is 0. The maximum Gasteiger partial charge on any atom is 0.407 e. The van der Waals surface area contributed by atoms with Gasteiger partial charge in [0.25, 0.3) is 11.8 Å². The van der Waals surface area contributed by atoms with Crippen molar-refractivity contribution in [3.8, 4) is 0 Å². The fourth-order valence-electron chi connectivity index (χ4n) is 3.76. The number of rotatable bonds is 13. The van der Waals surface area contributed by atoms with Gasteiger partial charge < -0.3 is 10.1 Å². The van der Waals surface area contributed by atoms with E-state index in [-0.39, 0.29) is 17.9 Å². The van der Waals surface area contributed by atoms with Crippen LogP contribution in [0.5, 0.6) is 0 Å². The Morgan fingerprint density at radius 1 is 0.806 bits per heavy atom. The van der Waals surface area contributed by atoms with E-state index in [1.54, 1.807) is 24.3 Å². The Balaban J connectivity index is 1.40. The SMILES string of the molecule is CC(C)(C)OC(=O)NCCCCCCCCCCCCN1C(=O)c2ccccc2C1=O. The van der Waals surface area contributed by atoms with Gasteiger partial charge in [-0.25, -0.2) is 4.79 Å². The van der Waals surface area contributed by atoms with Crippen LogP contribution in [0.15, 0.2) is 24.3 Å². The number of alkyl carbamates (subject to hydrolysis) is 1. The highest BCUT2D eigenvalue weighted by Crippen LogP contribution is 2.23. The maximum atomic E-state index is 12.3. The topological polar surface area (TPSA) is 75.7 Å². The van der Waals surface area contributed by atoms with Crippen molar-refractivity contribution in [1.29, 1.82) is 0 Å². The first-order valence-electron chi connectivity index (χ1n) is 11.7. The Hall–Kier alpha value is -2.37. The molecule has 1 aromatic rings. The minimum atomic E-state index is -0.445. The molecule has 1 aliphatic rings. The summed E-state index contributed by atoms with van der Waals surface area (Å²) < 4.78 is 5.21. The molecule has 0 atom stereocenters. The third-order valence-electron chi connectivity index (χ3n) is 5.35. The van der Waals surface area contributed by atoms with Gasteiger partial charge in [-0.1, -0.05) is 63.5 Å². The number of benzene rings is 1. The summed E-state index contributed by atoms with van der Waals surface area (Å²) in [5, 5.41) is 2.79. The van der Waals surface area contributed by atoms with Crippen molar-refractivity contribution in [3.05, 3.63) is 35.4 Å². The van der Waals surface area contributed by atoms with E-state index >= 15 is 0 Å². The number of hydrogen-bond donors (Lipinski definition) is 1. The number of amides is 3. The lowest BCUT2D eigenvalue weighted by Crippen LogP contribution is -2.32. The van der Waals surface area contributed by atoms with Gasteiger partial charge >= 0.3 is 6.09 Å². The van der Waals surface area contributed by atoms with Crippen molar-refractivity contribution in [3.63, 3.8) is 0 Å². The van der Waals surface area contributed by atoms with Crippen LogP contribution >= 0.6 is 0 Å². The highest BCUT2D eigenvalue weighted by molar-refractivity contribution is 6.21. The molecule has 0 unspecified atom stereocenters. The third kappa shape index (κ3) is 8.72. The molecule has 172 valence electrons. The van der Waals surface area contributed by atoms with Crippen LogP contribution in [-0.2, 0) is 4.74 Å². The highest BCUT2D eigenvalue weighted by atomic mass is 16.6. The van der Waals surface area contributed by atoms with E-state index in [9.17, 15) is 14.4 Å². The summed E-state index contributed by atoms with van der Waals surface area (Å²) in [4.78, 5) is 37.5. The first kappa shape index (κ1) is 24.9. The molecular formula is C25H38N2O4. The first-order valence-corrected chi connectivity index (χ1v) is 11.7. The van der Waals surface area contributed by atoms with Crippen LogP contribution < -0.4 is 5.32 Å². The van der Waals surface area contributed by atoms with Gasteiger partial charge in [-0.2, -0.15) is 0 Å². The van der Waals surface area contributed by atoms with E-state index in [4.69, 9.17) is 4.74 Å². The molecule has 0 fully saturated rings. The predicted molar refractivity (Wildman–Crippen MR) is 122 cm³/mol. The summed E-state index contributed by atoms with van der Waals surface area (Å²) in [7, 11) is 0. The third-order valence-corrected chi connectivity index (χ3v) is 5.35. The molecule has 0 bridgehead atoms. The van der Waals surface area contributed by atoms with Crippen molar-refractivity contribution in [1.82, 2.24) is 10.2 Å². The Bertz CT molecular complexity index is 704. The largest absolute Gasteiger partial charge is 0.444 e. The normalized spacial score (nSPS) is 13.5. The summed E-state index contributed by atoms with van der Waals surface area (Å²) in [6.45, 7) is 6.77. The van der Waals surface area contributed by atoms with Gasteiger partial charge in [0, 0.05) is 13.1 Å². The lowest BCUT2D eigenvalue weighted by Gasteiger charge is -2.19. The fourth-order valence-corrected chi connectivity index (χ4v) is 3.76. The fraction of sp³-hybridized carbons (Fsp3) is 0.640. The van der Waals surface area contributed by atoms with Crippen molar-refractivity contribution in [2.75, 3.05) is 13.1 Å². The van der Waals surface area contributed by atoms with E-state index < -0.39 is 5.60 Å². The van der Waals surface area contributed by atoms with Crippen LogP contribution in [0.4, 0.5) is 4.79 Å². The molecule has 2 rings (SSSR count). The second-order valence-electron chi connectivity index (χ2n) is 9.27. The first-order chi connectivity index (χ1) is 14.8. The second-order valence-corrected chi connectivity index (χ2v) is 9.27. The van der Waals surface area contributed by atoms with E-state index in [1.165, 1.54) is 37.0 Å². The number of carbonyl (C=O) groups is 3. The van der Waals surface area contributed by atoms with Crippen LogP contribution in [0.2, 0.25) is 0 Å². The van der Waals surface area contributed by atoms with Gasteiger partial charge in [-0.15, -0.1) is 0 Å². The Labute approximate surface area is 186 Å². The summed E-state index contributed by atoms with van der Waals surface area (Å²) in [5.41, 5.74) is 0.625. The Morgan fingerprint density at radius 2 is 1.26 bits per heavy atom. The molecule has 1 heterocycles. The molecule has 6 nitrogen and oxygen atoms in total. The zero-order chi connectivity index (χ0) is 22.7. The number of ether oxygens (including phenoxy) is 1. The number of nitrogens with zero attached hydrogens (tertiary/aromatic N) is 1. The molecule has 0 saturated carbocycles. The smallest absolute Gasteiger partial charge is 0.407 e. The summed E-state index contributed by atoms with van der Waals surface area (Å²) in [5.74, 6) is -0.302. The van der Waals surface area contributed by atoms with E-state index in [0.717, 1.165) is 32.1 Å². The van der Waals surface area contributed by atoms with E-state index in [0.29, 0.717) is 24.2 Å². The summed E-state index contributed by atoms with van der Waals surface area (Å²) in [6.07, 6.45) is 10.9. The molecule has 0 saturated heterocycles. The lowest BCUT2D eigenvalue weighted by atomic mass is 10.1. The monoisotopic (exact) mass is 430 g/mol. The van der Waals surface area contributed by atoms with E-state index in [2.05, 4.69) is 5.32 Å². The van der Waals surface area contributed by atoms with Crippen molar-refractivity contribution in [2.45, 2.75) is 90.6 Å². The van der Waals surface area contributed by atoms with Crippen LogP contribution in [0, 0.1) is 0 Å². The molecule has 31 heavy (non-hydrogen) atoms. The second kappa shape index (κ2) is 12.5. The van der Waals surface area contributed by atoms with Gasteiger partial charge in [0.1, 0.15) is 5.60 Å². The van der Waals surface area contributed by atoms with Crippen LogP contribution in [0.1, 0.15) is 106 Å². The van der Waals surface area contributed by atoms with Crippen molar-refractivity contribution >= 4 is 17.9 Å². The highest BCUT2D eigenvalue weighted by Gasteiger charge is 2.34. The number of imide groups is 1. The van der Waals surface area contributed by atoms with Gasteiger partial charge in [0.2, 0.25) is 0 Å². The van der Waals surface area contributed by atoms with Crippen LogP contribution in [-0.4, -0.2) is 41.5 Å². The maximum absolute atomic E-state index is 12.3. The zero-order valence-corrected chi connectivity index (χ0v) is 19.4. The van der Waals surface area contributed by atoms with Crippen LogP contribution in [0.25, 0.3) is 0 Å². The molecule has 6 heteroatoms. The molecule has 0 radical (unpaired) electrons. The number of nitrogens with one attached hydrogen (secondary N) is 1. The molecule has 3 amide bonds. The Kier molecular flexibility index (Phi) is 10.0. The standard InChI is InChI=1S/C25H38N2O4/c1-25(2,3)31-24(30)26-18-14-10-8-6-4-5-7-9-11-15-19-27-22(28)20-16-12-13-17-21(20)23(27)29/h12-13,16-17H,4-11,14-15,18-19H2,1-3H3,(H,26,30). The minimum absolute atomic E-state index is 0.151. The molecule has 0 spiro atoms. The molecule has 0 aliphatic carbocycles. The van der Waals surface area contributed by atoms with Gasteiger partial charge in [-0.05, 0) is 45.7 Å². The molecule has 1 aromatic carbocycles. The number of hydrogen-bond acceptors (Lipinski definition) is 4. The average molecular weight is 431 g/mol. The van der Waals surface area contributed by atoms with Crippen LogP contribution in [0.3, 0.4) is 0 Å². The average Bonchev–Trinajstić information content (AvgIpc) is 2.95. The molecular weight excluding hydrogens is 392 g/mol. The Morgan fingerprint density at radius 3 is 1.74 bits per heavy atom. The van der Waals surface area contributed by atoms with Gasteiger partial charge in [0.15, 0.2) is 0 Å². The van der Waals surface area contributed by atoms with Crippen molar-refractivity contribution < 1.29 is 19.1 Å². The number of fused-ring (bicyclic) bond motifs is 1. The predicted octanol–water partition coefficient (Wildman–Crippen LogP) is 5.71. The van der Waals surface area contributed by atoms with Gasteiger partial charge in [-0.3, -0.25) is 14.5 Å². The molecule has 0 aromatic heterocycles. The van der Waals surface area contributed by atoms with E-state index in [1.807, 2.05) is 20.8 Å². The van der Waals surface area contributed by atoms with Crippen molar-refractivity contribution in [2.24, 2.45) is 0 Å². The number of unbranched alkanes of at least 4 members (excludes halogenated alkanes) is 9. The van der Waals surface area contributed by atoms with Gasteiger partial charge in [0.05, 0.1) is 11.1 Å². The zero-order valence-electron chi connectivity index (χ0n) is 19.4. The number of carbonyl (C=O) groups excluding carboxylic acids is 3. The quantitative estimate of drug-likeness (QED) is 0.321. The molecule has 1 aliphatic heterocycles. The molecule has 1 N–H and O–H groups in total. The lowest BCUT2D eigenvalue weighted by molar-refractivity contribution is 0.0525.